The number of rotatable bonds is 1. The number of hydrogen-bond acceptors (Lipinski definition) is 2. The van der Waals surface area contributed by atoms with E-state index in [2.05, 4.69) is 42.6 Å². The van der Waals surface area contributed by atoms with Gasteiger partial charge in [-0.05, 0) is 30.9 Å². The summed E-state index contributed by atoms with van der Waals surface area (Å²) in [7, 11) is 0. The molecule has 2 heterocycles. The highest BCUT2D eigenvalue weighted by Gasteiger charge is 2.28. The van der Waals surface area contributed by atoms with Gasteiger partial charge in [0.1, 0.15) is 0 Å². The van der Waals surface area contributed by atoms with Crippen LogP contribution in [0.2, 0.25) is 0 Å². The SMILES string of the molecule is CC1=CCCN(C(=O)[C@H]2Cc3ccccc3CN2)C1. The molecule has 2 aliphatic rings. The van der Waals surface area contributed by atoms with Gasteiger partial charge in [0.2, 0.25) is 5.91 Å². The molecule has 0 aromatic heterocycles. The monoisotopic (exact) mass is 256 g/mol. The third-order valence-electron chi connectivity index (χ3n) is 4.02. The lowest BCUT2D eigenvalue weighted by molar-refractivity contribution is -0.133. The smallest absolute Gasteiger partial charge is 0.240 e. The Hall–Kier alpha value is -1.61. The first-order valence-corrected chi connectivity index (χ1v) is 6.98. The van der Waals surface area contributed by atoms with Crippen LogP contribution in [0, 0.1) is 0 Å². The van der Waals surface area contributed by atoms with Crippen molar-refractivity contribution in [1.82, 2.24) is 10.2 Å². The van der Waals surface area contributed by atoms with Gasteiger partial charge in [0.05, 0.1) is 6.04 Å². The second kappa shape index (κ2) is 5.17. The van der Waals surface area contributed by atoms with E-state index in [1.54, 1.807) is 0 Å². The van der Waals surface area contributed by atoms with Gasteiger partial charge in [0.15, 0.2) is 0 Å². The Labute approximate surface area is 114 Å². The Morgan fingerprint density at radius 3 is 2.89 bits per heavy atom. The van der Waals surface area contributed by atoms with Crippen LogP contribution in [0.15, 0.2) is 35.9 Å². The minimum absolute atomic E-state index is 0.0548. The number of carbonyl (C=O) groups is 1. The van der Waals surface area contributed by atoms with E-state index in [0.717, 1.165) is 32.5 Å². The van der Waals surface area contributed by atoms with E-state index in [9.17, 15) is 4.79 Å². The standard InChI is InChI=1S/C16H20N2O/c1-12-5-4-8-18(11-12)16(19)15-9-13-6-2-3-7-14(13)10-17-15/h2-3,5-7,15,17H,4,8-11H2,1H3/t15-/m1/s1. The number of nitrogens with one attached hydrogen (secondary N) is 1. The van der Waals surface area contributed by atoms with E-state index in [0.29, 0.717) is 0 Å². The highest BCUT2D eigenvalue weighted by Crippen LogP contribution is 2.18. The number of benzene rings is 1. The average Bonchev–Trinajstić information content (AvgIpc) is 2.46. The van der Waals surface area contributed by atoms with Crippen molar-refractivity contribution in [2.24, 2.45) is 0 Å². The van der Waals surface area contributed by atoms with Gasteiger partial charge in [-0.1, -0.05) is 35.9 Å². The van der Waals surface area contributed by atoms with E-state index in [1.807, 2.05) is 4.90 Å². The average molecular weight is 256 g/mol. The van der Waals surface area contributed by atoms with E-state index < -0.39 is 0 Å². The van der Waals surface area contributed by atoms with Crippen molar-refractivity contribution < 1.29 is 4.79 Å². The second-order valence-electron chi connectivity index (χ2n) is 5.51. The minimum Gasteiger partial charge on any atom is -0.337 e. The van der Waals surface area contributed by atoms with Crippen LogP contribution in [0.4, 0.5) is 0 Å². The van der Waals surface area contributed by atoms with Crippen LogP contribution < -0.4 is 5.32 Å². The van der Waals surface area contributed by atoms with Gasteiger partial charge in [-0.3, -0.25) is 4.79 Å². The summed E-state index contributed by atoms with van der Waals surface area (Å²) in [6.07, 6.45) is 4.03. The van der Waals surface area contributed by atoms with Crippen molar-refractivity contribution in [1.29, 1.82) is 0 Å². The summed E-state index contributed by atoms with van der Waals surface area (Å²) in [5, 5.41) is 3.38. The Kier molecular flexibility index (Phi) is 3.38. The molecule has 100 valence electrons. The first-order valence-electron chi connectivity index (χ1n) is 6.98. The van der Waals surface area contributed by atoms with Gasteiger partial charge < -0.3 is 10.2 Å². The molecule has 0 fully saturated rings. The van der Waals surface area contributed by atoms with Gasteiger partial charge in [-0.15, -0.1) is 0 Å². The molecule has 1 aromatic carbocycles. The molecule has 19 heavy (non-hydrogen) atoms. The lowest BCUT2D eigenvalue weighted by Crippen LogP contribution is -2.50. The molecule has 1 N–H and O–H groups in total. The Morgan fingerprint density at radius 1 is 1.32 bits per heavy atom. The summed E-state index contributed by atoms with van der Waals surface area (Å²) >= 11 is 0. The predicted octanol–water partition coefficient (Wildman–Crippen LogP) is 1.88. The van der Waals surface area contributed by atoms with Crippen LogP contribution in [-0.2, 0) is 17.8 Å². The molecule has 0 bridgehead atoms. The summed E-state index contributed by atoms with van der Waals surface area (Å²) in [5.74, 6) is 0.252. The van der Waals surface area contributed by atoms with Crippen LogP contribution in [0.25, 0.3) is 0 Å². The maximum Gasteiger partial charge on any atom is 0.240 e. The molecule has 0 spiro atoms. The van der Waals surface area contributed by atoms with Gasteiger partial charge in [-0.2, -0.15) is 0 Å². The summed E-state index contributed by atoms with van der Waals surface area (Å²) in [6, 6.07) is 8.33. The molecule has 3 heteroatoms. The first kappa shape index (κ1) is 12.4. The first-order chi connectivity index (χ1) is 9.24. The third-order valence-corrected chi connectivity index (χ3v) is 4.02. The number of fused-ring (bicyclic) bond motifs is 1. The van der Waals surface area contributed by atoms with E-state index in [-0.39, 0.29) is 11.9 Å². The summed E-state index contributed by atoms with van der Waals surface area (Å²) in [4.78, 5) is 14.5. The summed E-state index contributed by atoms with van der Waals surface area (Å²) in [5.41, 5.74) is 3.93. The molecule has 1 atom stereocenters. The van der Waals surface area contributed by atoms with Crippen LogP contribution in [-0.4, -0.2) is 29.9 Å². The van der Waals surface area contributed by atoms with Crippen LogP contribution >= 0.6 is 0 Å². The Balaban J connectivity index is 1.71. The molecule has 0 saturated carbocycles. The van der Waals surface area contributed by atoms with Gasteiger partial charge in [0.25, 0.3) is 0 Å². The highest BCUT2D eigenvalue weighted by molar-refractivity contribution is 5.83. The van der Waals surface area contributed by atoms with Crippen molar-refractivity contribution in [3.05, 3.63) is 47.0 Å². The van der Waals surface area contributed by atoms with Gasteiger partial charge in [0, 0.05) is 19.6 Å². The topological polar surface area (TPSA) is 32.3 Å². The van der Waals surface area contributed by atoms with Crippen molar-refractivity contribution in [3.8, 4) is 0 Å². The van der Waals surface area contributed by atoms with E-state index >= 15 is 0 Å². The molecule has 0 radical (unpaired) electrons. The Morgan fingerprint density at radius 2 is 2.11 bits per heavy atom. The molecule has 3 nitrogen and oxygen atoms in total. The second-order valence-corrected chi connectivity index (χ2v) is 5.51. The fourth-order valence-electron chi connectivity index (χ4n) is 2.95. The number of carbonyl (C=O) groups excluding carboxylic acids is 1. The molecular formula is C16H20N2O. The molecule has 1 amide bonds. The van der Waals surface area contributed by atoms with Gasteiger partial charge in [-0.25, -0.2) is 0 Å². The van der Waals surface area contributed by atoms with Crippen LogP contribution in [0.3, 0.4) is 0 Å². The molecule has 1 aromatic rings. The third kappa shape index (κ3) is 2.56. The molecule has 3 rings (SSSR count). The van der Waals surface area contributed by atoms with Crippen molar-refractivity contribution in [3.63, 3.8) is 0 Å². The quantitative estimate of drug-likeness (QED) is 0.778. The van der Waals surface area contributed by atoms with E-state index in [4.69, 9.17) is 0 Å². The zero-order valence-corrected chi connectivity index (χ0v) is 11.4. The van der Waals surface area contributed by atoms with Gasteiger partial charge >= 0.3 is 0 Å². The molecule has 0 aliphatic carbocycles. The largest absolute Gasteiger partial charge is 0.337 e. The predicted molar refractivity (Wildman–Crippen MR) is 75.7 cm³/mol. The lowest BCUT2D eigenvalue weighted by Gasteiger charge is -2.32. The Bertz CT molecular complexity index is 521. The normalized spacial score (nSPS) is 22.7. The number of nitrogens with zero attached hydrogens (tertiary/aromatic N) is 1. The van der Waals surface area contributed by atoms with Crippen molar-refractivity contribution in [2.75, 3.05) is 13.1 Å². The maximum absolute atomic E-state index is 12.5. The molecule has 2 aliphatic heterocycles. The lowest BCUT2D eigenvalue weighted by atomic mass is 9.95. The highest BCUT2D eigenvalue weighted by atomic mass is 16.2. The number of amides is 1. The fourth-order valence-corrected chi connectivity index (χ4v) is 2.95. The van der Waals surface area contributed by atoms with Crippen LogP contribution in [0.1, 0.15) is 24.5 Å². The zero-order valence-electron chi connectivity index (χ0n) is 11.4. The van der Waals surface area contributed by atoms with Crippen molar-refractivity contribution in [2.45, 2.75) is 32.4 Å². The molecule has 0 unspecified atom stereocenters. The minimum atomic E-state index is -0.0548. The summed E-state index contributed by atoms with van der Waals surface area (Å²) in [6.45, 7) is 4.55. The van der Waals surface area contributed by atoms with E-state index in [1.165, 1.54) is 16.7 Å². The van der Waals surface area contributed by atoms with Crippen LogP contribution in [0.5, 0.6) is 0 Å². The maximum atomic E-state index is 12.5. The number of hydrogen-bond donors (Lipinski definition) is 1. The zero-order chi connectivity index (χ0) is 13.2. The fraction of sp³-hybridized carbons (Fsp3) is 0.438. The summed E-state index contributed by atoms with van der Waals surface area (Å²) < 4.78 is 0. The molecule has 0 saturated heterocycles. The van der Waals surface area contributed by atoms with Crippen molar-refractivity contribution >= 4 is 5.91 Å². The molecular weight excluding hydrogens is 236 g/mol.